The molecule has 1 amide bonds. The normalized spacial score (nSPS) is 15.3. The van der Waals surface area contributed by atoms with Crippen molar-refractivity contribution in [3.63, 3.8) is 0 Å². The maximum absolute atomic E-state index is 12.9. The summed E-state index contributed by atoms with van der Waals surface area (Å²) in [5.41, 5.74) is 1.55. The van der Waals surface area contributed by atoms with Gasteiger partial charge in [-0.3, -0.25) is 9.69 Å². The first-order chi connectivity index (χ1) is 14.6. The number of thiocarbonyl (C=S) groups is 1. The molecule has 2 aromatic carbocycles. The Morgan fingerprint density at radius 3 is 2.47 bits per heavy atom. The number of rotatable bonds is 10. The third-order valence-corrected chi connectivity index (χ3v) is 6.45. The highest BCUT2D eigenvalue weighted by molar-refractivity contribution is 8.27. The number of hydrogen-bond donors (Lipinski definition) is 0. The third-order valence-electron chi connectivity index (χ3n) is 4.83. The number of benzene rings is 2. The summed E-state index contributed by atoms with van der Waals surface area (Å²) in [7, 11) is 0. The minimum Gasteiger partial charge on any atom is -0.494 e. The van der Waals surface area contributed by atoms with E-state index in [0.29, 0.717) is 19.9 Å². The molecule has 0 N–H and O–H groups in total. The second-order valence-corrected chi connectivity index (χ2v) is 9.24. The molecule has 30 heavy (non-hydrogen) atoms. The van der Waals surface area contributed by atoms with Crippen molar-refractivity contribution >= 4 is 57.6 Å². The van der Waals surface area contributed by atoms with Gasteiger partial charge in [-0.15, -0.1) is 0 Å². The van der Waals surface area contributed by atoms with E-state index in [9.17, 15) is 4.79 Å². The van der Waals surface area contributed by atoms with Crippen LogP contribution in [0.25, 0.3) is 6.08 Å². The Hall–Kier alpha value is -1.82. The predicted octanol–water partition coefficient (Wildman–Crippen LogP) is 7.49. The summed E-state index contributed by atoms with van der Waals surface area (Å²) < 4.78 is 6.31. The van der Waals surface area contributed by atoms with Crippen molar-refractivity contribution in [1.82, 2.24) is 0 Å². The van der Waals surface area contributed by atoms with Crippen LogP contribution in [0, 0.1) is 0 Å². The maximum Gasteiger partial charge on any atom is 0.270 e. The molecule has 0 aromatic heterocycles. The van der Waals surface area contributed by atoms with E-state index in [-0.39, 0.29) is 5.91 Å². The van der Waals surface area contributed by atoms with Gasteiger partial charge in [-0.05, 0) is 42.3 Å². The number of carbonyl (C=O) groups excluding carboxylic acids is 1. The summed E-state index contributed by atoms with van der Waals surface area (Å²) in [6, 6.07) is 15.0. The Bertz CT molecular complexity index is 912. The Kier molecular flexibility index (Phi) is 8.79. The standard InChI is InChI=1S/C24H26ClNO2S2/c1-2-3-4-5-6-9-16-28-19-14-12-18(13-15-19)17-22-23(27)26(24(29)30-22)21-11-8-7-10-20(21)25/h7-8,10-15,17H,2-6,9,16H2,1H3. The Morgan fingerprint density at radius 1 is 1.03 bits per heavy atom. The first-order valence-corrected chi connectivity index (χ1v) is 12.0. The molecule has 1 aliphatic rings. The summed E-state index contributed by atoms with van der Waals surface area (Å²) in [4.78, 5) is 15.0. The van der Waals surface area contributed by atoms with Crippen LogP contribution in [-0.4, -0.2) is 16.8 Å². The Morgan fingerprint density at radius 2 is 1.73 bits per heavy atom. The highest BCUT2D eigenvalue weighted by atomic mass is 35.5. The molecule has 0 atom stereocenters. The SMILES string of the molecule is CCCCCCCCOc1ccc(C=C2SC(=S)N(c3ccccc3Cl)C2=O)cc1. The Balaban J connectivity index is 1.56. The summed E-state index contributed by atoms with van der Waals surface area (Å²) in [6.45, 7) is 2.97. The summed E-state index contributed by atoms with van der Waals surface area (Å²) in [5, 5.41) is 0.502. The molecule has 0 bridgehead atoms. The van der Waals surface area contributed by atoms with Crippen molar-refractivity contribution in [3.8, 4) is 5.75 Å². The van der Waals surface area contributed by atoms with E-state index in [1.165, 1.54) is 48.8 Å². The van der Waals surface area contributed by atoms with Crippen LogP contribution in [0.1, 0.15) is 51.0 Å². The van der Waals surface area contributed by atoms with Crippen LogP contribution in [0.2, 0.25) is 5.02 Å². The molecule has 0 radical (unpaired) electrons. The first-order valence-electron chi connectivity index (χ1n) is 10.4. The lowest BCUT2D eigenvalue weighted by Crippen LogP contribution is -2.27. The number of unbranched alkanes of at least 4 members (excludes halogenated alkanes) is 5. The molecular weight excluding hydrogens is 434 g/mol. The van der Waals surface area contributed by atoms with Crippen molar-refractivity contribution in [2.45, 2.75) is 45.4 Å². The fraction of sp³-hybridized carbons (Fsp3) is 0.333. The molecule has 3 rings (SSSR count). The van der Waals surface area contributed by atoms with Crippen LogP contribution in [0.15, 0.2) is 53.4 Å². The Labute approximate surface area is 193 Å². The van der Waals surface area contributed by atoms with E-state index in [2.05, 4.69) is 6.92 Å². The molecule has 158 valence electrons. The lowest BCUT2D eigenvalue weighted by atomic mass is 10.1. The van der Waals surface area contributed by atoms with Gasteiger partial charge in [0.25, 0.3) is 5.91 Å². The molecule has 0 aliphatic carbocycles. The average molecular weight is 460 g/mol. The molecule has 1 aliphatic heterocycles. The second kappa shape index (κ2) is 11.5. The van der Waals surface area contributed by atoms with Gasteiger partial charge in [0.2, 0.25) is 0 Å². The molecule has 0 unspecified atom stereocenters. The van der Waals surface area contributed by atoms with Crippen molar-refractivity contribution < 1.29 is 9.53 Å². The fourth-order valence-electron chi connectivity index (χ4n) is 3.19. The molecule has 1 saturated heterocycles. The van der Waals surface area contributed by atoms with Crippen LogP contribution in [0.3, 0.4) is 0 Å². The fourth-order valence-corrected chi connectivity index (χ4v) is 4.70. The molecular formula is C24H26ClNO2S2. The van der Waals surface area contributed by atoms with Crippen LogP contribution < -0.4 is 9.64 Å². The molecule has 1 heterocycles. The zero-order valence-corrected chi connectivity index (χ0v) is 19.5. The summed E-state index contributed by atoms with van der Waals surface area (Å²) in [6.07, 6.45) is 9.33. The summed E-state index contributed by atoms with van der Waals surface area (Å²) in [5.74, 6) is 0.700. The van der Waals surface area contributed by atoms with Crippen molar-refractivity contribution in [1.29, 1.82) is 0 Å². The second-order valence-electron chi connectivity index (χ2n) is 7.15. The highest BCUT2D eigenvalue weighted by Gasteiger charge is 2.34. The van der Waals surface area contributed by atoms with Crippen molar-refractivity contribution in [2.24, 2.45) is 0 Å². The number of halogens is 1. The zero-order chi connectivity index (χ0) is 21.3. The number of ether oxygens (including phenoxy) is 1. The quantitative estimate of drug-likeness (QED) is 0.209. The maximum atomic E-state index is 12.9. The number of anilines is 1. The van der Waals surface area contributed by atoms with Gasteiger partial charge in [-0.1, -0.05) is 98.9 Å². The lowest BCUT2D eigenvalue weighted by Gasteiger charge is -2.15. The number of nitrogens with zero attached hydrogens (tertiary/aromatic N) is 1. The van der Waals surface area contributed by atoms with Crippen LogP contribution in [0.5, 0.6) is 5.75 Å². The van der Waals surface area contributed by atoms with Crippen LogP contribution >= 0.6 is 35.6 Å². The van der Waals surface area contributed by atoms with Gasteiger partial charge < -0.3 is 4.74 Å². The van der Waals surface area contributed by atoms with Gasteiger partial charge in [0, 0.05) is 0 Å². The molecule has 6 heteroatoms. The van der Waals surface area contributed by atoms with E-state index in [0.717, 1.165) is 24.3 Å². The number of hydrogen-bond acceptors (Lipinski definition) is 4. The summed E-state index contributed by atoms with van der Waals surface area (Å²) >= 11 is 13.0. The van der Waals surface area contributed by atoms with Crippen molar-refractivity contribution in [2.75, 3.05) is 11.5 Å². The predicted molar refractivity (Wildman–Crippen MR) is 132 cm³/mol. The van der Waals surface area contributed by atoms with Gasteiger partial charge in [0.15, 0.2) is 4.32 Å². The number of amides is 1. The number of thioether (sulfide) groups is 1. The van der Waals surface area contributed by atoms with Gasteiger partial charge in [0.1, 0.15) is 5.75 Å². The minimum absolute atomic E-state index is 0.151. The van der Waals surface area contributed by atoms with E-state index in [4.69, 9.17) is 28.6 Å². The number of carbonyl (C=O) groups is 1. The molecule has 0 saturated carbocycles. The van der Waals surface area contributed by atoms with Gasteiger partial charge >= 0.3 is 0 Å². The van der Waals surface area contributed by atoms with E-state index in [1.54, 1.807) is 12.1 Å². The van der Waals surface area contributed by atoms with Gasteiger partial charge in [-0.2, -0.15) is 0 Å². The van der Waals surface area contributed by atoms with E-state index < -0.39 is 0 Å². The molecule has 3 nitrogen and oxygen atoms in total. The third kappa shape index (κ3) is 6.10. The van der Waals surface area contributed by atoms with Crippen LogP contribution in [-0.2, 0) is 4.79 Å². The largest absolute Gasteiger partial charge is 0.494 e. The van der Waals surface area contributed by atoms with E-state index in [1.807, 2.05) is 42.5 Å². The topological polar surface area (TPSA) is 29.5 Å². The first kappa shape index (κ1) is 22.9. The molecule has 0 spiro atoms. The zero-order valence-electron chi connectivity index (χ0n) is 17.1. The van der Waals surface area contributed by atoms with E-state index >= 15 is 0 Å². The lowest BCUT2D eigenvalue weighted by molar-refractivity contribution is -0.113. The van der Waals surface area contributed by atoms with Crippen LogP contribution in [0.4, 0.5) is 5.69 Å². The number of para-hydroxylation sites is 1. The highest BCUT2D eigenvalue weighted by Crippen LogP contribution is 2.38. The molecule has 2 aromatic rings. The average Bonchev–Trinajstić information content (AvgIpc) is 3.02. The monoisotopic (exact) mass is 459 g/mol. The smallest absolute Gasteiger partial charge is 0.270 e. The minimum atomic E-state index is -0.151. The molecule has 1 fully saturated rings. The van der Waals surface area contributed by atoms with Crippen molar-refractivity contribution in [3.05, 3.63) is 64.0 Å². The van der Waals surface area contributed by atoms with Gasteiger partial charge in [0.05, 0.1) is 22.2 Å². The van der Waals surface area contributed by atoms with Gasteiger partial charge in [-0.25, -0.2) is 0 Å².